The Bertz CT molecular complexity index is 1280. The summed E-state index contributed by atoms with van der Waals surface area (Å²) >= 11 is 0. The van der Waals surface area contributed by atoms with Gasteiger partial charge in [0.1, 0.15) is 17.3 Å². The molecule has 10 nitrogen and oxygen atoms in total. The molecule has 2 aromatic heterocycles. The number of hydrogen-bond donors (Lipinski definition) is 4. The second-order valence-corrected chi connectivity index (χ2v) is 6.18. The molecular weight excluding hydrogens is 384 g/mol. The lowest BCUT2D eigenvalue weighted by Gasteiger charge is -2.16. The van der Waals surface area contributed by atoms with E-state index in [9.17, 15) is 15.2 Å². The van der Waals surface area contributed by atoms with Crippen LogP contribution in [-0.4, -0.2) is 37.8 Å². The zero-order valence-corrected chi connectivity index (χ0v) is 15.8. The monoisotopic (exact) mass is 400 g/mol. The minimum atomic E-state index is -0.429. The number of carbonyl (C=O) groups is 1. The molecule has 0 radical (unpaired) electrons. The van der Waals surface area contributed by atoms with Gasteiger partial charge in [-0.25, -0.2) is 9.97 Å². The van der Waals surface area contributed by atoms with E-state index in [1.807, 2.05) is 24.3 Å². The summed E-state index contributed by atoms with van der Waals surface area (Å²) in [5.74, 6) is -0.128. The maximum Gasteiger partial charge on any atom is 0.254 e. The minimum absolute atomic E-state index is 0.112. The molecule has 10 heteroatoms. The second kappa shape index (κ2) is 7.76. The predicted octanol–water partition coefficient (Wildman–Crippen LogP) is 2.19. The van der Waals surface area contributed by atoms with Crippen LogP contribution in [0.25, 0.3) is 16.7 Å². The number of carbonyl (C=O) groups excluding carboxylic acids is 1. The minimum Gasteiger partial charge on any atom is -0.505 e. The van der Waals surface area contributed by atoms with E-state index in [1.54, 1.807) is 30.6 Å². The number of hydrazine groups is 1. The first kappa shape index (κ1) is 18.7. The SMILES string of the molecule is CNC(=O)c1cc2ccccc2c(NNc2c(C#N)cnn2-c2ncccn2)c1O. The molecule has 0 aliphatic rings. The highest BCUT2D eigenvalue weighted by Gasteiger charge is 2.19. The predicted molar refractivity (Wildman–Crippen MR) is 110 cm³/mol. The van der Waals surface area contributed by atoms with Crippen molar-refractivity contribution < 1.29 is 9.90 Å². The Labute approximate surface area is 170 Å². The number of nitrogens with one attached hydrogen (secondary N) is 3. The summed E-state index contributed by atoms with van der Waals surface area (Å²) in [4.78, 5) is 20.5. The Balaban J connectivity index is 1.78. The summed E-state index contributed by atoms with van der Waals surface area (Å²) in [6.07, 6.45) is 4.48. The van der Waals surface area contributed by atoms with E-state index >= 15 is 0 Å². The van der Waals surface area contributed by atoms with Crippen LogP contribution in [0, 0.1) is 11.3 Å². The van der Waals surface area contributed by atoms with Crippen LogP contribution in [0.2, 0.25) is 0 Å². The van der Waals surface area contributed by atoms with Gasteiger partial charge < -0.3 is 10.4 Å². The molecule has 4 rings (SSSR count). The molecule has 0 spiro atoms. The molecule has 0 saturated heterocycles. The van der Waals surface area contributed by atoms with Gasteiger partial charge >= 0.3 is 0 Å². The van der Waals surface area contributed by atoms with Crippen molar-refractivity contribution >= 4 is 28.2 Å². The van der Waals surface area contributed by atoms with E-state index in [0.29, 0.717) is 5.39 Å². The highest BCUT2D eigenvalue weighted by atomic mass is 16.3. The van der Waals surface area contributed by atoms with Gasteiger partial charge in [0.05, 0.1) is 11.8 Å². The molecule has 1 amide bonds. The molecule has 0 aliphatic carbocycles. The normalized spacial score (nSPS) is 10.4. The number of fused-ring (bicyclic) bond motifs is 1. The van der Waals surface area contributed by atoms with Crippen LogP contribution < -0.4 is 16.2 Å². The lowest BCUT2D eigenvalue weighted by molar-refractivity contribution is 0.0960. The highest BCUT2D eigenvalue weighted by Crippen LogP contribution is 2.36. The number of phenols is 1. The number of aromatic nitrogens is 4. The smallest absolute Gasteiger partial charge is 0.254 e. The summed E-state index contributed by atoms with van der Waals surface area (Å²) in [5.41, 5.74) is 6.44. The van der Waals surface area contributed by atoms with Crippen molar-refractivity contribution in [2.24, 2.45) is 0 Å². The molecule has 4 aromatic rings. The lowest BCUT2D eigenvalue weighted by Crippen LogP contribution is -2.19. The summed E-state index contributed by atoms with van der Waals surface area (Å²) in [6, 6.07) is 12.6. The van der Waals surface area contributed by atoms with Crippen molar-refractivity contribution in [1.82, 2.24) is 25.1 Å². The van der Waals surface area contributed by atoms with Crippen LogP contribution in [0.1, 0.15) is 15.9 Å². The van der Waals surface area contributed by atoms with E-state index in [1.165, 1.54) is 17.9 Å². The molecule has 30 heavy (non-hydrogen) atoms. The molecular formula is C20H16N8O2. The fourth-order valence-corrected chi connectivity index (χ4v) is 3.00. The van der Waals surface area contributed by atoms with Crippen molar-refractivity contribution in [3.05, 3.63) is 66.1 Å². The van der Waals surface area contributed by atoms with Gasteiger partial charge in [-0.1, -0.05) is 24.3 Å². The van der Waals surface area contributed by atoms with Crippen LogP contribution in [0.3, 0.4) is 0 Å². The zero-order valence-electron chi connectivity index (χ0n) is 15.8. The van der Waals surface area contributed by atoms with Crippen LogP contribution in [0.15, 0.2) is 55.0 Å². The first-order valence-corrected chi connectivity index (χ1v) is 8.88. The summed E-state index contributed by atoms with van der Waals surface area (Å²) in [6.45, 7) is 0. The molecule has 0 saturated carbocycles. The Morgan fingerprint density at radius 1 is 1.17 bits per heavy atom. The number of nitriles is 1. The Kier molecular flexibility index (Phi) is 4.84. The molecule has 0 unspecified atom stereocenters. The molecule has 0 bridgehead atoms. The lowest BCUT2D eigenvalue weighted by atomic mass is 10.0. The van der Waals surface area contributed by atoms with Gasteiger partial charge in [0.15, 0.2) is 11.6 Å². The Hall–Kier alpha value is -4.65. The van der Waals surface area contributed by atoms with Crippen LogP contribution in [-0.2, 0) is 0 Å². The molecule has 0 fully saturated rings. The highest BCUT2D eigenvalue weighted by molar-refractivity contribution is 6.07. The number of hydrogen-bond acceptors (Lipinski definition) is 8. The van der Waals surface area contributed by atoms with E-state index < -0.39 is 5.91 Å². The average Bonchev–Trinajstić information content (AvgIpc) is 3.21. The molecule has 0 aliphatic heterocycles. The molecule has 148 valence electrons. The standard InChI is InChI=1S/C20H16N8O2/c1-22-19(30)15-9-12-5-2-3-6-14(12)16(17(15)29)26-27-18-13(10-21)11-25-28(18)20-23-7-4-8-24-20/h2-9,11,26-27,29H,1H3,(H,22,30). The number of aromatic hydroxyl groups is 1. The topological polar surface area (TPSA) is 141 Å². The van der Waals surface area contributed by atoms with Gasteiger partial charge in [0.25, 0.3) is 11.9 Å². The Morgan fingerprint density at radius 2 is 1.93 bits per heavy atom. The van der Waals surface area contributed by atoms with Crippen molar-refractivity contribution in [1.29, 1.82) is 5.26 Å². The van der Waals surface area contributed by atoms with Crippen LogP contribution >= 0.6 is 0 Å². The number of amides is 1. The summed E-state index contributed by atoms with van der Waals surface area (Å²) in [5, 5.41) is 28.3. The molecule has 4 N–H and O–H groups in total. The Morgan fingerprint density at radius 3 is 2.67 bits per heavy atom. The van der Waals surface area contributed by atoms with Gasteiger partial charge in [-0.3, -0.25) is 15.6 Å². The van der Waals surface area contributed by atoms with Gasteiger partial charge in [-0.15, -0.1) is 0 Å². The van der Waals surface area contributed by atoms with Gasteiger partial charge in [0.2, 0.25) is 0 Å². The second-order valence-electron chi connectivity index (χ2n) is 6.18. The van der Waals surface area contributed by atoms with E-state index in [0.717, 1.165) is 5.39 Å². The van der Waals surface area contributed by atoms with Crippen molar-refractivity contribution in [3.63, 3.8) is 0 Å². The first-order chi connectivity index (χ1) is 14.6. The first-order valence-electron chi connectivity index (χ1n) is 8.88. The van der Waals surface area contributed by atoms with Gasteiger partial charge in [0, 0.05) is 24.8 Å². The van der Waals surface area contributed by atoms with E-state index in [-0.39, 0.29) is 34.3 Å². The van der Waals surface area contributed by atoms with E-state index in [4.69, 9.17) is 0 Å². The maximum absolute atomic E-state index is 12.2. The maximum atomic E-state index is 12.2. The quantitative estimate of drug-likeness (QED) is 0.295. The summed E-state index contributed by atoms with van der Waals surface area (Å²) in [7, 11) is 1.49. The van der Waals surface area contributed by atoms with Gasteiger partial charge in [-0.2, -0.15) is 15.0 Å². The number of benzene rings is 2. The molecule has 2 heterocycles. The fraction of sp³-hybridized carbons (Fsp3) is 0.0500. The third-order valence-electron chi connectivity index (χ3n) is 4.43. The van der Waals surface area contributed by atoms with Crippen molar-refractivity contribution in [2.45, 2.75) is 0 Å². The molecule has 0 atom stereocenters. The third-order valence-corrected chi connectivity index (χ3v) is 4.43. The van der Waals surface area contributed by atoms with Crippen molar-refractivity contribution in [3.8, 4) is 17.8 Å². The van der Waals surface area contributed by atoms with Gasteiger partial charge in [-0.05, 0) is 17.5 Å². The number of phenolic OH excluding ortho intramolecular Hbond substituents is 1. The average molecular weight is 400 g/mol. The largest absolute Gasteiger partial charge is 0.505 e. The summed E-state index contributed by atoms with van der Waals surface area (Å²) < 4.78 is 1.35. The fourth-order valence-electron chi connectivity index (χ4n) is 3.00. The zero-order chi connectivity index (χ0) is 21.1. The third kappa shape index (κ3) is 3.20. The molecule has 2 aromatic carbocycles. The van der Waals surface area contributed by atoms with Crippen LogP contribution in [0.5, 0.6) is 5.75 Å². The van der Waals surface area contributed by atoms with Crippen molar-refractivity contribution in [2.75, 3.05) is 17.9 Å². The van der Waals surface area contributed by atoms with E-state index in [2.05, 4.69) is 31.2 Å². The number of rotatable bonds is 5. The van der Waals surface area contributed by atoms with Crippen LogP contribution in [0.4, 0.5) is 11.5 Å². The number of anilines is 2. The number of nitrogens with zero attached hydrogens (tertiary/aromatic N) is 5.